The van der Waals surface area contributed by atoms with Gasteiger partial charge in [0, 0.05) is 37.8 Å². The summed E-state index contributed by atoms with van der Waals surface area (Å²) in [5.41, 5.74) is 2.25. The van der Waals surface area contributed by atoms with Gasteiger partial charge >= 0.3 is 6.36 Å². The molecule has 1 fully saturated rings. The predicted octanol–water partition coefficient (Wildman–Crippen LogP) is 3.49. The molecule has 2 aromatic rings. The Kier molecular flexibility index (Phi) is 5.53. The molecule has 2 aliphatic heterocycles. The maximum atomic E-state index is 12.7. The van der Waals surface area contributed by atoms with Gasteiger partial charge in [0.2, 0.25) is 17.7 Å². The number of nitrogens with one attached hydrogen (secondary N) is 1. The van der Waals surface area contributed by atoms with Gasteiger partial charge in [-0.25, -0.2) is 0 Å². The fourth-order valence-corrected chi connectivity index (χ4v) is 4.03. The van der Waals surface area contributed by atoms with Gasteiger partial charge in [0.25, 0.3) is 0 Å². The Morgan fingerprint density at radius 2 is 1.91 bits per heavy atom. The normalized spacial score (nSPS) is 18.0. The quantitative estimate of drug-likeness (QED) is 0.779. The second-order valence-electron chi connectivity index (χ2n) is 7.67. The van der Waals surface area contributed by atoms with E-state index in [1.807, 2.05) is 6.07 Å². The SMILES string of the molecule is CC(=O)N1CCc2cc(N3C[C@@H](C(=O)Nc4ccccc4OC(F)(F)F)CC3=O)ccc21. The van der Waals surface area contributed by atoms with Crippen molar-refractivity contribution < 1.29 is 32.3 Å². The first kappa shape index (κ1) is 21.7. The van der Waals surface area contributed by atoms with Gasteiger partial charge in [-0.05, 0) is 42.3 Å². The molecule has 2 heterocycles. The van der Waals surface area contributed by atoms with Crippen LogP contribution < -0.4 is 19.9 Å². The number of halogens is 3. The van der Waals surface area contributed by atoms with Gasteiger partial charge in [0.15, 0.2) is 5.75 Å². The lowest BCUT2D eigenvalue weighted by Gasteiger charge is -2.19. The van der Waals surface area contributed by atoms with E-state index in [1.54, 1.807) is 17.0 Å². The zero-order chi connectivity index (χ0) is 23.0. The van der Waals surface area contributed by atoms with Crippen molar-refractivity contribution in [1.82, 2.24) is 0 Å². The Hall–Kier alpha value is -3.56. The molecule has 1 atom stereocenters. The summed E-state index contributed by atoms with van der Waals surface area (Å²) in [5, 5.41) is 2.44. The number of fused-ring (bicyclic) bond motifs is 1. The fraction of sp³-hybridized carbons (Fsp3) is 0.318. The van der Waals surface area contributed by atoms with Crippen LogP contribution in [0.4, 0.5) is 30.2 Å². The van der Waals surface area contributed by atoms with E-state index >= 15 is 0 Å². The van der Waals surface area contributed by atoms with Gasteiger partial charge < -0.3 is 19.9 Å². The van der Waals surface area contributed by atoms with E-state index in [4.69, 9.17) is 0 Å². The van der Waals surface area contributed by atoms with Crippen molar-refractivity contribution in [1.29, 1.82) is 0 Å². The average Bonchev–Trinajstić information content (AvgIpc) is 3.31. The molecule has 10 heteroatoms. The molecule has 0 saturated carbocycles. The lowest BCUT2D eigenvalue weighted by atomic mass is 10.1. The van der Waals surface area contributed by atoms with Crippen LogP contribution in [-0.2, 0) is 20.8 Å². The number of ether oxygens (including phenoxy) is 1. The van der Waals surface area contributed by atoms with Gasteiger partial charge in [-0.15, -0.1) is 13.2 Å². The van der Waals surface area contributed by atoms with Crippen molar-refractivity contribution in [2.45, 2.75) is 26.1 Å². The van der Waals surface area contributed by atoms with Crippen molar-refractivity contribution in [3.63, 3.8) is 0 Å². The number of para-hydroxylation sites is 2. The van der Waals surface area contributed by atoms with E-state index in [2.05, 4.69) is 10.1 Å². The third-order valence-electron chi connectivity index (χ3n) is 5.52. The Balaban J connectivity index is 1.47. The maximum absolute atomic E-state index is 12.7. The van der Waals surface area contributed by atoms with Crippen LogP contribution >= 0.6 is 0 Å². The molecule has 3 amide bonds. The first-order valence-electron chi connectivity index (χ1n) is 9.99. The zero-order valence-electron chi connectivity index (χ0n) is 17.1. The van der Waals surface area contributed by atoms with Crippen LogP contribution in [0, 0.1) is 5.92 Å². The van der Waals surface area contributed by atoms with Crippen LogP contribution in [0.15, 0.2) is 42.5 Å². The van der Waals surface area contributed by atoms with Gasteiger partial charge in [-0.3, -0.25) is 14.4 Å². The summed E-state index contributed by atoms with van der Waals surface area (Å²) in [6.07, 6.45) is -4.29. The minimum absolute atomic E-state index is 0.0553. The van der Waals surface area contributed by atoms with E-state index in [1.165, 1.54) is 30.0 Å². The minimum atomic E-state index is -4.90. The molecular formula is C22H20F3N3O4. The van der Waals surface area contributed by atoms with E-state index in [-0.39, 0.29) is 30.5 Å². The molecule has 32 heavy (non-hydrogen) atoms. The summed E-state index contributed by atoms with van der Waals surface area (Å²) in [6, 6.07) is 10.6. The van der Waals surface area contributed by atoms with Crippen LogP contribution in [0.5, 0.6) is 5.75 Å². The molecule has 2 aromatic carbocycles. The largest absolute Gasteiger partial charge is 0.573 e. The highest BCUT2D eigenvalue weighted by molar-refractivity contribution is 6.04. The summed E-state index contributed by atoms with van der Waals surface area (Å²) >= 11 is 0. The molecular weight excluding hydrogens is 427 g/mol. The predicted molar refractivity (Wildman–Crippen MR) is 110 cm³/mol. The molecule has 0 aromatic heterocycles. The number of anilines is 3. The number of alkyl halides is 3. The maximum Gasteiger partial charge on any atom is 0.573 e. The van der Waals surface area contributed by atoms with Crippen molar-refractivity contribution in [3.8, 4) is 5.75 Å². The smallest absolute Gasteiger partial charge is 0.404 e. The second-order valence-corrected chi connectivity index (χ2v) is 7.67. The molecule has 0 spiro atoms. The van der Waals surface area contributed by atoms with Gasteiger partial charge in [-0.1, -0.05) is 12.1 Å². The lowest BCUT2D eigenvalue weighted by molar-refractivity contribution is -0.274. The van der Waals surface area contributed by atoms with Crippen LogP contribution in [0.25, 0.3) is 0 Å². The highest BCUT2D eigenvalue weighted by Crippen LogP contribution is 2.35. The Morgan fingerprint density at radius 1 is 1.16 bits per heavy atom. The molecule has 4 rings (SSSR count). The standard InChI is InChI=1S/C22H20F3N3O4/c1-13(29)27-9-8-14-10-16(6-7-18(14)27)28-12-15(11-20(28)30)21(31)26-17-4-2-3-5-19(17)32-22(23,24)25/h2-7,10,15H,8-9,11-12H2,1H3,(H,26,31)/t15-/m0/s1. The van der Waals surface area contributed by atoms with Gasteiger partial charge in [0.1, 0.15) is 0 Å². The number of carbonyl (C=O) groups is 3. The second kappa shape index (κ2) is 8.18. The van der Waals surface area contributed by atoms with E-state index in [9.17, 15) is 27.6 Å². The van der Waals surface area contributed by atoms with Crippen molar-refractivity contribution in [2.24, 2.45) is 5.92 Å². The number of carbonyl (C=O) groups excluding carboxylic acids is 3. The number of hydrogen-bond donors (Lipinski definition) is 1. The minimum Gasteiger partial charge on any atom is -0.404 e. The fourth-order valence-electron chi connectivity index (χ4n) is 4.03. The van der Waals surface area contributed by atoms with Crippen LogP contribution in [0.2, 0.25) is 0 Å². The van der Waals surface area contributed by atoms with Crippen LogP contribution in [0.3, 0.4) is 0 Å². The first-order valence-corrected chi connectivity index (χ1v) is 9.99. The average molecular weight is 447 g/mol. The molecule has 1 N–H and O–H groups in total. The summed E-state index contributed by atoms with van der Waals surface area (Å²) in [6.45, 7) is 2.17. The van der Waals surface area contributed by atoms with Crippen LogP contribution in [-0.4, -0.2) is 37.2 Å². The van der Waals surface area contributed by atoms with Crippen molar-refractivity contribution >= 4 is 34.8 Å². The van der Waals surface area contributed by atoms with Crippen molar-refractivity contribution in [2.75, 3.05) is 28.2 Å². The lowest BCUT2D eigenvalue weighted by Crippen LogP contribution is -2.28. The monoisotopic (exact) mass is 447 g/mol. The van der Waals surface area contributed by atoms with E-state index < -0.39 is 23.9 Å². The number of amides is 3. The van der Waals surface area contributed by atoms with Crippen molar-refractivity contribution in [3.05, 3.63) is 48.0 Å². The topological polar surface area (TPSA) is 79.0 Å². The molecule has 2 aliphatic rings. The Labute approximate surface area is 181 Å². The third-order valence-corrected chi connectivity index (χ3v) is 5.52. The number of nitrogens with zero attached hydrogens (tertiary/aromatic N) is 2. The Morgan fingerprint density at radius 3 is 2.62 bits per heavy atom. The van der Waals surface area contributed by atoms with Gasteiger partial charge in [0.05, 0.1) is 11.6 Å². The third kappa shape index (κ3) is 4.39. The molecule has 168 valence electrons. The summed E-state index contributed by atoms with van der Waals surface area (Å²) < 4.78 is 41.8. The van der Waals surface area contributed by atoms with E-state index in [0.717, 1.165) is 17.3 Å². The molecule has 7 nitrogen and oxygen atoms in total. The van der Waals surface area contributed by atoms with Gasteiger partial charge in [-0.2, -0.15) is 0 Å². The molecule has 0 aliphatic carbocycles. The summed E-state index contributed by atoms with van der Waals surface area (Å²) in [7, 11) is 0. The number of hydrogen-bond acceptors (Lipinski definition) is 4. The molecule has 0 bridgehead atoms. The number of rotatable bonds is 4. The van der Waals surface area contributed by atoms with Crippen LogP contribution in [0.1, 0.15) is 18.9 Å². The van der Waals surface area contributed by atoms with E-state index in [0.29, 0.717) is 18.7 Å². The zero-order valence-corrected chi connectivity index (χ0v) is 17.1. The highest BCUT2D eigenvalue weighted by Gasteiger charge is 2.37. The summed E-state index contributed by atoms with van der Waals surface area (Å²) in [4.78, 5) is 40.1. The number of benzene rings is 2. The molecule has 1 saturated heterocycles. The molecule has 0 unspecified atom stereocenters. The Bertz CT molecular complexity index is 1090. The molecule has 0 radical (unpaired) electrons. The highest BCUT2D eigenvalue weighted by atomic mass is 19.4. The summed E-state index contributed by atoms with van der Waals surface area (Å²) in [5.74, 6) is -2.14. The first-order chi connectivity index (χ1) is 15.1.